The van der Waals surface area contributed by atoms with E-state index in [2.05, 4.69) is 10.3 Å². The molecule has 1 saturated heterocycles. The fourth-order valence-corrected chi connectivity index (χ4v) is 2.44. The molecule has 0 saturated carbocycles. The van der Waals surface area contributed by atoms with E-state index in [1.165, 1.54) is 0 Å². The third-order valence-electron chi connectivity index (χ3n) is 3.54. The predicted octanol–water partition coefficient (Wildman–Crippen LogP) is 1.66. The van der Waals surface area contributed by atoms with Gasteiger partial charge in [-0.15, -0.1) is 5.10 Å². The molecule has 1 aromatic heterocycles. The maximum Gasteiger partial charge on any atom is 0.309 e. The highest BCUT2D eigenvalue weighted by Gasteiger charge is 2.25. The quantitative estimate of drug-likeness (QED) is 0.872. The highest BCUT2D eigenvalue weighted by Crippen LogP contribution is 2.19. The van der Waals surface area contributed by atoms with E-state index in [0.717, 1.165) is 17.1 Å². The summed E-state index contributed by atoms with van der Waals surface area (Å²) in [6, 6.07) is 9.68. The van der Waals surface area contributed by atoms with Gasteiger partial charge in [-0.3, -0.25) is 4.79 Å². The summed E-state index contributed by atoms with van der Waals surface area (Å²) in [7, 11) is 0. The third kappa shape index (κ3) is 3.07. The molecule has 0 radical (unpaired) electrons. The van der Waals surface area contributed by atoms with Crippen LogP contribution in [0.25, 0.3) is 11.8 Å². The van der Waals surface area contributed by atoms with Gasteiger partial charge in [0, 0.05) is 6.42 Å². The van der Waals surface area contributed by atoms with Crippen LogP contribution >= 0.6 is 0 Å². The van der Waals surface area contributed by atoms with Crippen LogP contribution in [0.2, 0.25) is 0 Å². The normalized spacial score (nSPS) is 22.0. The van der Waals surface area contributed by atoms with Gasteiger partial charge in [-0.2, -0.15) is 0 Å². The van der Waals surface area contributed by atoms with Gasteiger partial charge < -0.3 is 9.84 Å². The number of rotatable bonds is 3. The minimum Gasteiger partial charge on any atom is -0.458 e. The summed E-state index contributed by atoms with van der Waals surface area (Å²) in [5.41, 5.74) is 2.51. The molecule has 0 spiro atoms. The number of aliphatic hydroxyl groups excluding tert-OH is 1. The van der Waals surface area contributed by atoms with Crippen molar-refractivity contribution >= 4 is 12.0 Å². The number of cyclic esters (lactones) is 1. The Morgan fingerprint density at radius 1 is 1.36 bits per heavy atom. The van der Waals surface area contributed by atoms with E-state index in [-0.39, 0.29) is 12.4 Å². The minimum absolute atomic E-state index is 0.0624. The number of nitrogens with zero attached hydrogens (tertiary/aromatic N) is 3. The smallest absolute Gasteiger partial charge is 0.309 e. The van der Waals surface area contributed by atoms with Gasteiger partial charge in [-0.05, 0) is 31.2 Å². The molecule has 2 atom stereocenters. The first kappa shape index (κ1) is 14.5. The lowest BCUT2D eigenvalue weighted by Gasteiger charge is -2.23. The molecule has 1 aliphatic rings. The topological polar surface area (TPSA) is 77.2 Å². The maximum absolute atomic E-state index is 11.4. The number of carbonyl (C=O) groups is 1. The second-order valence-corrected chi connectivity index (χ2v) is 5.29. The Hall–Kier alpha value is -2.47. The van der Waals surface area contributed by atoms with Crippen molar-refractivity contribution < 1.29 is 14.6 Å². The molecule has 2 heterocycles. The third-order valence-corrected chi connectivity index (χ3v) is 3.54. The van der Waals surface area contributed by atoms with E-state index in [4.69, 9.17) is 4.74 Å². The molecule has 0 amide bonds. The van der Waals surface area contributed by atoms with Gasteiger partial charge in [0.15, 0.2) is 0 Å². The number of hydrogen-bond acceptors (Lipinski definition) is 5. The van der Waals surface area contributed by atoms with E-state index >= 15 is 0 Å². The highest BCUT2D eigenvalue weighted by molar-refractivity contribution is 5.71. The largest absolute Gasteiger partial charge is 0.458 e. The zero-order valence-electron chi connectivity index (χ0n) is 12.2. The van der Waals surface area contributed by atoms with Crippen molar-refractivity contribution in [2.45, 2.75) is 32.0 Å². The Morgan fingerprint density at radius 3 is 2.86 bits per heavy atom. The van der Waals surface area contributed by atoms with Gasteiger partial charge in [0.1, 0.15) is 6.10 Å². The zero-order chi connectivity index (χ0) is 15.5. The first-order chi connectivity index (χ1) is 10.6. The lowest BCUT2D eigenvalue weighted by atomic mass is 10.0. The first-order valence-corrected chi connectivity index (χ1v) is 7.17. The lowest BCUT2D eigenvalue weighted by Crippen LogP contribution is -2.31. The average molecular weight is 299 g/mol. The molecule has 1 N–H and O–H groups in total. The molecular weight excluding hydrogens is 282 g/mol. The Labute approximate surface area is 128 Å². The second-order valence-electron chi connectivity index (χ2n) is 5.29. The van der Waals surface area contributed by atoms with E-state index < -0.39 is 12.2 Å². The number of ether oxygens (including phenoxy) is 1. The first-order valence-electron chi connectivity index (χ1n) is 7.17. The van der Waals surface area contributed by atoms with Crippen LogP contribution in [0.3, 0.4) is 0 Å². The summed E-state index contributed by atoms with van der Waals surface area (Å²) >= 11 is 0. The number of benzene rings is 1. The van der Waals surface area contributed by atoms with Gasteiger partial charge >= 0.3 is 5.97 Å². The molecule has 2 aromatic rings. The van der Waals surface area contributed by atoms with Gasteiger partial charge in [-0.25, -0.2) is 4.68 Å². The van der Waals surface area contributed by atoms with E-state index in [0.29, 0.717) is 6.42 Å². The van der Waals surface area contributed by atoms with Crippen LogP contribution in [0.15, 0.2) is 36.4 Å². The molecule has 1 aliphatic heterocycles. The number of hydrogen-bond donors (Lipinski definition) is 1. The molecule has 0 bridgehead atoms. The van der Waals surface area contributed by atoms with Crippen LogP contribution in [-0.2, 0) is 9.53 Å². The van der Waals surface area contributed by atoms with Gasteiger partial charge in [-0.1, -0.05) is 23.4 Å². The number of aromatic nitrogens is 3. The lowest BCUT2D eigenvalue weighted by molar-refractivity contribution is -0.156. The van der Waals surface area contributed by atoms with E-state index in [1.807, 2.05) is 43.3 Å². The molecule has 6 heteroatoms. The SMILES string of the molecule is Cc1nnn(-c2ccccc2)c1/C=C/C1CC(O)CC(=O)O1. The van der Waals surface area contributed by atoms with E-state index in [9.17, 15) is 9.90 Å². The number of esters is 1. The molecule has 1 fully saturated rings. The molecular formula is C16H17N3O3. The molecule has 22 heavy (non-hydrogen) atoms. The van der Waals surface area contributed by atoms with Gasteiger partial charge in [0.2, 0.25) is 0 Å². The van der Waals surface area contributed by atoms with Crippen molar-refractivity contribution in [3.05, 3.63) is 47.8 Å². The molecule has 0 aliphatic carbocycles. The van der Waals surface area contributed by atoms with Crippen molar-refractivity contribution in [3.8, 4) is 5.69 Å². The number of carbonyl (C=O) groups excluding carboxylic acids is 1. The second kappa shape index (κ2) is 6.11. The van der Waals surface area contributed by atoms with Gasteiger partial charge in [0.05, 0.1) is 29.6 Å². The predicted molar refractivity (Wildman–Crippen MR) is 80.3 cm³/mol. The number of aliphatic hydroxyl groups is 1. The molecule has 3 rings (SSSR count). The number of aryl methyl sites for hydroxylation is 1. The summed E-state index contributed by atoms with van der Waals surface area (Å²) in [6.07, 6.45) is 3.01. The molecule has 114 valence electrons. The molecule has 1 aromatic carbocycles. The average Bonchev–Trinajstić information content (AvgIpc) is 2.86. The highest BCUT2D eigenvalue weighted by atomic mass is 16.5. The fraction of sp³-hybridized carbons (Fsp3) is 0.312. The zero-order valence-corrected chi connectivity index (χ0v) is 12.2. The summed E-state index contributed by atoms with van der Waals surface area (Å²) in [5.74, 6) is -0.375. The van der Waals surface area contributed by atoms with Crippen LogP contribution in [0.4, 0.5) is 0 Å². The minimum atomic E-state index is -0.644. The Kier molecular flexibility index (Phi) is 4.02. The van der Waals surface area contributed by atoms with Crippen molar-refractivity contribution in [1.29, 1.82) is 0 Å². The van der Waals surface area contributed by atoms with Crippen LogP contribution in [0, 0.1) is 6.92 Å². The summed E-state index contributed by atoms with van der Waals surface area (Å²) in [5, 5.41) is 17.9. The summed E-state index contributed by atoms with van der Waals surface area (Å²) in [4.78, 5) is 11.4. The Morgan fingerprint density at radius 2 is 2.14 bits per heavy atom. The van der Waals surface area contributed by atoms with Crippen LogP contribution in [-0.4, -0.2) is 38.3 Å². The van der Waals surface area contributed by atoms with E-state index in [1.54, 1.807) is 10.8 Å². The van der Waals surface area contributed by atoms with Crippen LogP contribution < -0.4 is 0 Å². The molecule has 2 unspecified atom stereocenters. The van der Waals surface area contributed by atoms with Crippen molar-refractivity contribution in [2.24, 2.45) is 0 Å². The van der Waals surface area contributed by atoms with Crippen LogP contribution in [0.5, 0.6) is 0 Å². The summed E-state index contributed by atoms with van der Waals surface area (Å²) < 4.78 is 6.93. The fourth-order valence-electron chi connectivity index (χ4n) is 2.44. The maximum atomic E-state index is 11.4. The monoisotopic (exact) mass is 299 g/mol. The Balaban J connectivity index is 1.85. The van der Waals surface area contributed by atoms with Crippen molar-refractivity contribution in [3.63, 3.8) is 0 Å². The van der Waals surface area contributed by atoms with Crippen molar-refractivity contribution in [1.82, 2.24) is 15.0 Å². The summed E-state index contributed by atoms with van der Waals surface area (Å²) in [6.45, 7) is 1.87. The van der Waals surface area contributed by atoms with Crippen molar-refractivity contribution in [2.75, 3.05) is 0 Å². The number of para-hydroxylation sites is 1. The Bertz CT molecular complexity index is 694. The van der Waals surface area contributed by atoms with Crippen LogP contribution in [0.1, 0.15) is 24.2 Å². The van der Waals surface area contributed by atoms with Gasteiger partial charge in [0.25, 0.3) is 0 Å². The standard InChI is InChI=1S/C16H17N3O3/c1-11-15(8-7-14-9-13(20)10-16(21)22-14)19(18-17-11)12-5-3-2-4-6-12/h2-8,13-14,20H,9-10H2,1H3/b8-7+. The molecule has 6 nitrogen and oxygen atoms in total.